The van der Waals surface area contributed by atoms with Crippen LogP contribution in [0.2, 0.25) is 0 Å². The highest BCUT2D eigenvalue weighted by Crippen LogP contribution is 2.27. The van der Waals surface area contributed by atoms with E-state index >= 15 is 0 Å². The molecule has 0 bridgehead atoms. The Hall–Kier alpha value is -1.96. The van der Waals surface area contributed by atoms with Crippen LogP contribution in [0.3, 0.4) is 0 Å². The molecule has 0 saturated heterocycles. The van der Waals surface area contributed by atoms with Crippen LogP contribution in [0.1, 0.15) is 29.2 Å². The zero-order valence-corrected chi connectivity index (χ0v) is 10.8. The number of phenolic OH excluding ortho intramolecular Hbond substituents is 2. The Labute approximate surface area is 108 Å². The molecule has 0 fully saturated rings. The molecule has 0 aliphatic carbocycles. The third-order valence-corrected chi connectivity index (χ3v) is 3.12. The molecule has 0 aliphatic rings. The topological polar surface area (TPSA) is 40.5 Å². The summed E-state index contributed by atoms with van der Waals surface area (Å²) in [7, 11) is 0. The second-order valence-corrected chi connectivity index (χ2v) is 4.63. The average molecular weight is 242 g/mol. The van der Waals surface area contributed by atoms with Crippen LogP contribution in [0.25, 0.3) is 0 Å². The van der Waals surface area contributed by atoms with E-state index in [2.05, 4.69) is 0 Å². The van der Waals surface area contributed by atoms with Gasteiger partial charge >= 0.3 is 0 Å². The van der Waals surface area contributed by atoms with Crippen molar-refractivity contribution in [1.29, 1.82) is 0 Å². The Balaban J connectivity index is 2.34. The minimum Gasteiger partial charge on any atom is -0.508 e. The highest BCUT2D eigenvalue weighted by molar-refractivity contribution is 5.46. The predicted octanol–water partition coefficient (Wildman–Crippen LogP) is 3.56. The molecule has 2 aromatic carbocycles. The van der Waals surface area contributed by atoms with Gasteiger partial charge in [0.15, 0.2) is 0 Å². The van der Waals surface area contributed by atoms with Gasteiger partial charge in [0.1, 0.15) is 11.5 Å². The second-order valence-electron chi connectivity index (χ2n) is 4.63. The average Bonchev–Trinajstić information content (AvgIpc) is 2.36. The molecule has 2 N–H and O–H groups in total. The van der Waals surface area contributed by atoms with Crippen LogP contribution < -0.4 is 0 Å². The molecule has 2 aromatic rings. The molecule has 0 aliphatic heterocycles. The minimum absolute atomic E-state index is 0.265. The van der Waals surface area contributed by atoms with Crippen LogP contribution in [0.4, 0.5) is 0 Å². The lowest BCUT2D eigenvalue weighted by Crippen LogP contribution is -1.94. The number of aryl methyl sites for hydroxylation is 2. The van der Waals surface area contributed by atoms with Gasteiger partial charge in [-0.1, -0.05) is 36.8 Å². The first-order valence-corrected chi connectivity index (χ1v) is 6.19. The second kappa shape index (κ2) is 5.13. The van der Waals surface area contributed by atoms with Gasteiger partial charge in [-0.15, -0.1) is 0 Å². The van der Waals surface area contributed by atoms with Crippen molar-refractivity contribution in [2.45, 2.75) is 26.7 Å². The zero-order chi connectivity index (χ0) is 13.1. The van der Waals surface area contributed by atoms with Crippen LogP contribution in [0.15, 0.2) is 36.4 Å². The van der Waals surface area contributed by atoms with Gasteiger partial charge in [-0.25, -0.2) is 0 Å². The number of hydrogen-bond donors (Lipinski definition) is 2. The van der Waals surface area contributed by atoms with Crippen molar-refractivity contribution in [3.63, 3.8) is 0 Å². The Bertz CT molecular complexity index is 542. The fraction of sp³-hybridized carbons (Fsp3) is 0.250. The van der Waals surface area contributed by atoms with E-state index in [0.717, 1.165) is 23.1 Å². The molecule has 2 nitrogen and oxygen atoms in total. The largest absolute Gasteiger partial charge is 0.508 e. The van der Waals surface area contributed by atoms with Gasteiger partial charge in [0, 0.05) is 6.42 Å². The smallest absolute Gasteiger partial charge is 0.122 e. The molecular weight excluding hydrogens is 224 g/mol. The van der Waals surface area contributed by atoms with E-state index in [4.69, 9.17) is 0 Å². The van der Waals surface area contributed by atoms with Gasteiger partial charge in [-0.2, -0.15) is 0 Å². The lowest BCUT2D eigenvalue weighted by molar-refractivity contribution is 0.462. The molecule has 0 heterocycles. The van der Waals surface area contributed by atoms with Gasteiger partial charge in [-0.3, -0.25) is 0 Å². The van der Waals surface area contributed by atoms with Gasteiger partial charge in [0.25, 0.3) is 0 Å². The Morgan fingerprint density at radius 1 is 0.944 bits per heavy atom. The Morgan fingerprint density at radius 2 is 1.56 bits per heavy atom. The van der Waals surface area contributed by atoms with Gasteiger partial charge in [0.2, 0.25) is 0 Å². The maximum atomic E-state index is 10.2. The lowest BCUT2D eigenvalue weighted by Gasteiger charge is -2.10. The number of hydrogen-bond acceptors (Lipinski definition) is 2. The van der Waals surface area contributed by atoms with Crippen molar-refractivity contribution in [3.8, 4) is 11.5 Å². The summed E-state index contributed by atoms with van der Waals surface area (Å²) in [4.78, 5) is 0. The first-order chi connectivity index (χ1) is 8.60. The fourth-order valence-electron chi connectivity index (χ4n) is 2.17. The van der Waals surface area contributed by atoms with Crippen LogP contribution in [0.5, 0.6) is 11.5 Å². The Morgan fingerprint density at radius 3 is 2.17 bits per heavy atom. The highest BCUT2D eigenvalue weighted by Gasteiger charge is 2.08. The van der Waals surface area contributed by atoms with Crippen LogP contribution in [0, 0.1) is 6.92 Å². The molecule has 0 atom stereocenters. The normalized spacial score (nSPS) is 10.6. The molecule has 0 radical (unpaired) electrons. The third-order valence-electron chi connectivity index (χ3n) is 3.12. The molecule has 0 saturated carbocycles. The van der Waals surface area contributed by atoms with Crippen molar-refractivity contribution in [2.24, 2.45) is 0 Å². The molecule has 94 valence electrons. The lowest BCUT2D eigenvalue weighted by atomic mass is 9.98. The first kappa shape index (κ1) is 12.5. The van der Waals surface area contributed by atoms with E-state index in [0.29, 0.717) is 12.2 Å². The highest BCUT2D eigenvalue weighted by atomic mass is 16.3. The summed E-state index contributed by atoms with van der Waals surface area (Å²) in [6.07, 6.45) is 1.51. The molecule has 0 amide bonds. The van der Waals surface area contributed by atoms with Gasteiger partial charge in [0.05, 0.1) is 0 Å². The van der Waals surface area contributed by atoms with Crippen molar-refractivity contribution in [1.82, 2.24) is 0 Å². The standard InChI is InChI=1S/C16H18O2/c1-3-13-8-11(2)9-14(16(13)18)10-12-4-6-15(17)7-5-12/h4-9,17-18H,3,10H2,1-2H3. The molecule has 0 spiro atoms. The van der Waals surface area contributed by atoms with Crippen LogP contribution >= 0.6 is 0 Å². The predicted molar refractivity (Wildman–Crippen MR) is 73.1 cm³/mol. The summed E-state index contributed by atoms with van der Waals surface area (Å²) >= 11 is 0. The molecule has 2 rings (SSSR count). The SMILES string of the molecule is CCc1cc(C)cc(Cc2ccc(O)cc2)c1O. The summed E-state index contributed by atoms with van der Waals surface area (Å²) in [5.74, 6) is 0.664. The van der Waals surface area contributed by atoms with Crippen molar-refractivity contribution < 1.29 is 10.2 Å². The molecular formula is C16H18O2. The number of rotatable bonds is 3. The number of phenols is 2. The number of benzene rings is 2. The summed E-state index contributed by atoms with van der Waals surface area (Å²) < 4.78 is 0. The summed E-state index contributed by atoms with van der Waals surface area (Å²) in [5.41, 5.74) is 4.18. The van der Waals surface area contributed by atoms with E-state index in [9.17, 15) is 10.2 Å². The Kier molecular flexibility index (Phi) is 3.56. The van der Waals surface area contributed by atoms with E-state index in [1.165, 1.54) is 5.56 Å². The zero-order valence-electron chi connectivity index (χ0n) is 10.8. The number of aromatic hydroxyl groups is 2. The molecule has 0 aromatic heterocycles. The summed E-state index contributed by atoms with van der Waals surface area (Å²) in [6, 6.07) is 11.1. The quantitative estimate of drug-likeness (QED) is 0.864. The summed E-state index contributed by atoms with van der Waals surface area (Å²) in [6.45, 7) is 4.08. The monoisotopic (exact) mass is 242 g/mol. The maximum Gasteiger partial charge on any atom is 0.122 e. The first-order valence-electron chi connectivity index (χ1n) is 6.19. The van der Waals surface area contributed by atoms with E-state index in [-0.39, 0.29) is 5.75 Å². The van der Waals surface area contributed by atoms with E-state index < -0.39 is 0 Å². The third kappa shape index (κ3) is 2.65. The summed E-state index contributed by atoms with van der Waals surface area (Å²) in [5, 5.41) is 19.4. The van der Waals surface area contributed by atoms with Gasteiger partial charge < -0.3 is 10.2 Å². The minimum atomic E-state index is 0.265. The molecule has 18 heavy (non-hydrogen) atoms. The van der Waals surface area contributed by atoms with E-state index in [1.54, 1.807) is 12.1 Å². The van der Waals surface area contributed by atoms with E-state index in [1.807, 2.05) is 38.1 Å². The maximum absolute atomic E-state index is 10.2. The van der Waals surface area contributed by atoms with Crippen LogP contribution in [-0.2, 0) is 12.8 Å². The van der Waals surface area contributed by atoms with Crippen molar-refractivity contribution >= 4 is 0 Å². The molecule has 0 unspecified atom stereocenters. The van der Waals surface area contributed by atoms with Gasteiger partial charge in [-0.05, 0) is 42.2 Å². The molecule has 2 heteroatoms. The van der Waals surface area contributed by atoms with Crippen molar-refractivity contribution in [3.05, 3.63) is 58.7 Å². The van der Waals surface area contributed by atoms with Crippen molar-refractivity contribution in [2.75, 3.05) is 0 Å². The fourth-order valence-corrected chi connectivity index (χ4v) is 2.17. The van der Waals surface area contributed by atoms with Crippen LogP contribution in [-0.4, -0.2) is 10.2 Å².